The van der Waals surface area contributed by atoms with Crippen molar-refractivity contribution in [2.45, 2.75) is 51.0 Å². The Balaban J connectivity index is 0.000000853. The largest absolute Gasteiger partial charge is 0.258 e. The third-order valence-corrected chi connectivity index (χ3v) is 4.57. The molecule has 4 saturated carbocycles. The fraction of sp³-hybridized carbons (Fsp3) is 1.00. The normalized spacial score (nSPS) is 46.6. The maximum Gasteiger partial charge on any atom is 0.0331 e. The Morgan fingerprint density at radius 1 is 1.00 bits per heavy atom. The van der Waals surface area contributed by atoms with Gasteiger partial charge in [-0.2, -0.15) is 0 Å². The Hall–Kier alpha value is 0.210. The van der Waals surface area contributed by atoms with E-state index in [2.05, 4.69) is 17.8 Å². The zero-order valence-corrected chi connectivity index (χ0v) is 10.4. The molecule has 0 aromatic heterocycles. The van der Waals surface area contributed by atoms with Gasteiger partial charge in [-0.1, -0.05) is 6.92 Å². The van der Waals surface area contributed by atoms with Crippen LogP contribution in [0.4, 0.5) is 0 Å². The van der Waals surface area contributed by atoms with E-state index in [0.29, 0.717) is 5.54 Å². The first-order valence-corrected chi connectivity index (χ1v) is 6.30. The second kappa shape index (κ2) is 4.23. The molecule has 88 valence electrons. The van der Waals surface area contributed by atoms with Crippen molar-refractivity contribution in [3.8, 4) is 0 Å². The van der Waals surface area contributed by atoms with Crippen LogP contribution in [0.1, 0.15) is 45.4 Å². The van der Waals surface area contributed by atoms with Crippen LogP contribution in [0.15, 0.2) is 0 Å². The van der Waals surface area contributed by atoms with Crippen molar-refractivity contribution >= 4 is 12.4 Å². The summed E-state index contributed by atoms with van der Waals surface area (Å²) in [5, 5.41) is 0. The van der Waals surface area contributed by atoms with E-state index < -0.39 is 0 Å². The van der Waals surface area contributed by atoms with E-state index in [9.17, 15) is 0 Å². The molecular weight excluding hydrogens is 208 g/mol. The van der Waals surface area contributed by atoms with Crippen LogP contribution in [0.25, 0.3) is 0 Å². The Morgan fingerprint density at radius 3 is 1.87 bits per heavy atom. The minimum atomic E-state index is 0. The number of hydrogen-bond donors (Lipinski definition) is 2. The molecule has 0 spiro atoms. The Bertz CT molecular complexity index is 194. The van der Waals surface area contributed by atoms with E-state index in [1.54, 1.807) is 0 Å². The van der Waals surface area contributed by atoms with Crippen LogP contribution >= 0.6 is 12.4 Å². The molecule has 2 N–H and O–H groups in total. The number of hydrazine groups is 1. The highest BCUT2D eigenvalue weighted by atomic mass is 35.5. The van der Waals surface area contributed by atoms with Crippen LogP contribution in [-0.4, -0.2) is 12.1 Å². The zero-order chi connectivity index (χ0) is 9.60. The van der Waals surface area contributed by atoms with Crippen molar-refractivity contribution in [2.75, 3.05) is 6.54 Å². The average molecular weight is 231 g/mol. The molecule has 3 heteroatoms. The zero-order valence-electron chi connectivity index (χ0n) is 9.59. The summed E-state index contributed by atoms with van der Waals surface area (Å²) >= 11 is 0. The molecular formula is C12H23ClN2. The van der Waals surface area contributed by atoms with Crippen LogP contribution < -0.4 is 10.9 Å². The minimum absolute atomic E-state index is 0. The molecule has 0 heterocycles. The number of hydrogen-bond acceptors (Lipinski definition) is 2. The van der Waals surface area contributed by atoms with Gasteiger partial charge in [-0.3, -0.25) is 10.9 Å². The first kappa shape index (κ1) is 11.7. The van der Waals surface area contributed by atoms with Gasteiger partial charge >= 0.3 is 0 Å². The van der Waals surface area contributed by atoms with Gasteiger partial charge in [0.15, 0.2) is 0 Å². The molecule has 4 bridgehead atoms. The van der Waals surface area contributed by atoms with Gasteiger partial charge in [0.05, 0.1) is 0 Å². The molecule has 0 atom stereocenters. The lowest BCUT2D eigenvalue weighted by molar-refractivity contribution is -0.0264. The monoisotopic (exact) mass is 230 g/mol. The summed E-state index contributed by atoms with van der Waals surface area (Å²) < 4.78 is 0. The summed E-state index contributed by atoms with van der Waals surface area (Å²) in [5.74, 6) is 3.15. The fourth-order valence-corrected chi connectivity index (χ4v) is 4.54. The quantitative estimate of drug-likeness (QED) is 0.728. The Morgan fingerprint density at radius 2 is 1.47 bits per heavy atom. The SMILES string of the molecule is CCNNC12CC3CC(CC(C3)C1)C2.Cl. The van der Waals surface area contributed by atoms with Gasteiger partial charge in [0.1, 0.15) is 0 Å². The first-order chi connectivity index (χ1) is 6.80. The summed E-state index contributed by atoms with van der Waals surface area (Å²) in [4.78, 5) is 0. The molecule has 15 heavy (non-hydrogen) atoms. The topological polar surface area (TPSA) is 24.1 Å². The molecule has 0 aliphatic heterocycles. The van der Waals surface area contributed by atoms with Crippen LogP contribution in [0.5, 0.6) is 0 Å². The van der Waals surface area contributed by atoms with Gasteiger partial charge in [0.2, 0.25) is 0 Å². The lowest BCUT2D eigenvalue weighted by Gasteiger charge is -2.57. The van der Waals surface area contributed by atoms with Crippen molar-refractivity contribution in [2.24, 2.45) is 17.8 Å². The Kier molecular flexibility index (Phi) is 3.30. The van der Waals surface area contributed by atoms with Gasteiger partial charge in [-0.15, -0.1) is 12.4 Å². The molecule has 2 nitrogen and oxygen atoms in total. The molecule has 4 fully saturated rings. The third-order valence-electron chi connectivity index (χ3n) is 4.57. The second-order valence-electron chi connectivity index (χ2n) is 5.85. The minimum Gasteiger partial charge on any atom is -0.258 e. The molecule has 0 aromatic carbocycles. The summed E-state index contributed by atoms with van der Waals surface area (Å²) in [6, 6.07) is 0. The van der Waals surface area contributed by atoms with E-state index in [-0.39, 0.29) is 12.4 Å². The summed E-state index contributed by atoms with van der Waals surface area (Å²) in [7, 11) is 0. The maximum atomic E-state index is 3.63. The highest BCUT2D eigenvalue weighted by molar-refractivity contribution is 5.85. The van der Waals surface area contributed by atoms with Crippen molar-refractivity contribution in [3.63, 3.8) is 0 Å². The molecule has 4 rings (SSSR count). The summed E-state index contributed by atoms with van der Waals surface area (Å²) in [6.45, 7) is 3.22. The van der Waals surface area contributed by atoms with E-state index in [1.165, 1.54) is 38.5 Å². The molecule has 0 radical (unpaired) electrons. The summed E-state index contributed by atoms with van der Waals surface area (Å²) in [5.41, 5.74) is 7.47. The van der Waals surface area contributed by atoms with E-state index in [0.717, 1.165) is 24.3 Å². The molecule has 4 aliphatic rings. The predicted molar refractivity (Wildman–Crippen MR) is 65.0 cm³/mol. The third kappa shape index (κ3) is 2.04. The lowest BCUT2D eigenvalue weighted by atomic mass is 9.53. The summed E-state index contributed by atoms with van der Waals surface area (Å²) in [6.07, 6.45) is 8.91. The smallest absolute Gasteiger partial charge is 0.0331 e. The van der Waals surface area contributed by atoms with Crippen LogP contribution in [0.3, 0.4) is 0 Å². The van der Waals surface area contributed by atoms with Gasteiger partial charge in [0.25, 0.3) is 0 Å². The van der Waals surface area contributed by atoms with Gasteiger partial charge < -0.3 is 0 Å². The number of nitrogens with one attached hydrogen (secondary N) is 2. The average Bonchev–Trinajstić information content (AvgIpc) is 2.12. The second-order valence-corrected chi connectivity index (χ2v) is 5.85. The van der Waals surface area contributed by atoms with Crippen LogP contribution in [0, 0.1) is 17.8 Å². The van der Waals surface area contributed by atoms with E-state index in [1.807, 2.05) is 0 Å². The van der Waals surface area contributed by atoms with Crippen molar-refractivity contribution in [1.82, 2.24) is 10.9 Å². The molecule has 0 saturated heterocycles. The lowest BCUT2D eigenvalue weighted by Crippen LogP contribution is -2.61. The molecule has 4 aliphatic carbocycles. The van der Waals surface area contributed by atoms with E-state index >= 15 is 0 Å². The van der Waals surface area contributed by atoms with Crippen molar-refractivity contribution < 1.29 is 0 Å². The number of halogens is 1. The molecule has 0 unspecified atom stereocenters. The van der Waals surface area contributed by atoms with Crippen molar-refractivity contribution in [3.05, 3.63) is 0 Å². The van der Waals surface area contributed by atoms with Crippen molar-refractivity contribution in [1.29, 1.82) is 0 Å². The predicted octanol–water partition coefficient (Wildman–Crippen LogP) is 2.49. The van der Waals surface area contributed by atoms with Gasteiger partial charge in [0, 0.05) is 12.1 Å². The van der Waals surface area contributed by atoms with Gasteiger partial charge in [-0.25, -0.2) is 0 Å². The van der Waals surface area contributed by atoms with Crippen LogP contribution in [-0.2, 0) is 0 Å². The van der Waals surface area contributed by atoms with Crippen LogP contribution in [0.2, 0.25) is 0 Å². The number of rotatable bonds is 3. The first-order valence-electron chi connectivity index (χ1n) is 6.30. The molecule has 0 amide bonds. The Labute approximate surface area is 99.0 Å². The standard InChI is InChI=1S/C12H22N2.ClH/c1-2-13-14-12-6-9-3-10(7-12)5-11(4-9)8-12;/h9-11,13-14H,2-8H2,1H3;1H. The molecule has 0 aromatic rings. The van der Waals surface area contributed by atoms with E-state index in [4.69, 9.17) is 0 Å². The highest BCUT2D eigenvalue weighted by Crippen LogP contribution is 2.55. The highest BCUT2D eigenvalue weighted by Gasteiger charge is 2.50. The maximum absolute atomic E-state index is 3.63. The van der Waals surface area contributed by atoms with Gasteiger partial charge in [-0.05, 0) is 56.3 Å². The fourth-order valence-electron chi connectivity index (χ4n) is 4.54.